The Kier molecular flexibility index (Phi) is 5.00. The van der Waals surface area contributed by atoms with Crippen LogP contribution in [0.25, 0.3) is 0 Å². The van der Waals surface area contributed by atoms with E-state index in [2.05, 4.69) is 5.32 Å². The van der Waals surface area contributed by atoms with Crippen LogP contribution in [0.2, 0.25) is 0 Å². The molecule has 0 atom stereocenters. The Morgan fingerprint density at radius 3 is 2.93 bits per heavy atom. The average molecular weight is 197 g/mol. The van der Waals surface area contributed by atoms with E-state index < -0.39 is 0 Å². The zero-order chi connectivity index (χ0) is 10.2. The third kappa shape index (κ3) is 3.75. The molecule has 1 aromatic rings. The molecule has 0 saturated carbocycles. The van der Waals surface area contributed by atoms with Gasteiger partial charge in [0.2, 0.25) is 0 Å². The van der Waals surface area contributed by atoms with Crippen molar-refractivity contribution in [3.05, 3.63) is 29.8 Å². The number of methoxy groups -OCH3 is 1. The minimum atomic E-state index is -0.307. The van der Waals surface area contributed by atoms with E-state index in [4.69, 9.17) is 4.74 Å². The molecule has 0 saturated heterocycles. The van der Waals surface area contributed by atoms with Gasteiger partial charge in [-0.1, -0.05) is 12.1 Å². The monoisotopic (exact) mass is 197 g/mol. The summed E-state index contributed by atoms with van der Waals surface area (Å²) in [6.45, 7) is 0.930. The molecule has 0 aliphatic rings. The van der Waals surface area contributed by atoms with Gasteiger partial charge in [0, 0.05) is 6.54 Å². The molecule has 1 aromatic carbocycles. The first-order valence-electron chi connectivity index (χ1n) is 4.76. The maximum absolute atomic E-state index is 11.8. The number of benzene rings is 1. The molecular weight excluding hydrogens is 181 g/mol. The molecule has 0 amide bonds. The van der Waals surface area contributed by atoms with Gasteiger partial charge in [0.15, 0.2) is 0 Å². The van der Waals surface area contributed by atoms with Crippen molar-refractivity contribution in [1.82, 2.24) is 5.32 Å². The highest BCUT2D eigenvalue weighted by atomic mass is 19.1. The molecule has 1 rings (SSSR count). The van der Waals surface area contributed by atoms with Crippen LogP contribution >= 0.6 is 0 Å². The van der Waals surface area contributed by atoms with Crippen molar-refractivity contribution in [3.8, 4) is 5.75 Å². The molecule has 0 aliphatic carbocycles. The van der Waals surface area contributed by atoms with Crippen molar-refractivity contribution in [1.29, 1.82) is 0 Å². The highest BCUT2D eigenvalue weighted by Crippen LogP contribution is 2.12. The summed E-state index contributed by atoms with van der Waals surface area (Å²) < 4.78 is 16.9. The van der Waals surface area contributed by atoms with Gasteiger partial charge in [-0.25, -0.2) is 4.39 Å². The van der Waals surface area contributed by atoms with E-state index >= 15 is 0 Å². The first kappa shape index (κ1) is 11.0. The molecule has 0 spiro atoms. The van der Waals surface area contributed by atoms with E-state index in [1.165, 1.54) is 5.56 Å². The molecule has 0 unspecified atom stereocenters. The lowest BCUT2D eigenvalue weighted by atomic mass is 10.1. The molecule has 0 fully saturated rings. The van der Waals surface area contributed by atoms with E-state index in [-0.39, 0.29) is 6.67 Å². The van der Waals surface area contributed by atoms with E-state index in [9.17, 15) is 4.39 Å². The number of alkyl halides is 1. The standard InChI is InChI=1S/C11H16FNO/c1-14-11-4-2-3-10(9-11)5-7-13-8-6-12/h2-4,9,13H,5-8H2,1H3. The Morgan fingerprint density at radius 2 is 2.21 bits per heavy atom. The molecule has 2 nitrogen and oxygen atoms in total. The van der Waals surface area contributed by atoms with Crippen molar-refractivity contribution < 1.29 is 9.13 Å². The largest absolute Gasteiger partial charge is 0.497 e. The van der Waals surface area contributed by atoms with Crippen molar-refractivity contribution in [3.63, 3.8) is 0 Å². The third-order valence-electron chi connectivity index (χ3n) is 2.00. The van der Waals surface area contributed by atoms with Gasteiger partial charge in [0.25, 0.3) is 0 Å². The second kappa shape index (κ2) is 6.38. The molecule has 3 heteroatoms. The van der Waals surface area contributed by atoms with Crippen LogP contribution in [0.4, 0.5) is 4.39 Å². The third-order valence-corrected chi connectivity index (χ3v) is 2.00. The van der Waals surface area contributed by atoms with Gasteiger partial charge in [-0.05, 0) is 30.7 Å². The second-order valence-electron chi connectivity index (χ2n) is 3.04. The summed E-state index contributed by atoms with van der Waals surface area (Å²) in [5.74, 6) is 0.869. The lowest BCUT2D eigenvalue weighted by molar-refractivity contribution is 0.414. The SMILES string of the molecule is COc1cccc(CCNCCF)c1. The smallest absolute Gasteiger partial charge is 0.119 e. The van der Waals surface area contributed by atoms with Crippen LogP contribution in [0.5, 0.6) is 5.75 Å². The van der Waals surface area contributed by atoms with Crippen molar-refractivity contribution in [2.75, 3.05) is 26.9 Å². The quantitative estimate of drug-likeness (QED) is 0.702. The van der Waals surface area contributed by atoms with Crippen molar-refractivity contribution >= 4 is 0 Å². The number of hydrogen-bond acceptors (Lipinski definition) is 2. The van der Waals surface area contributed by atoms with E-state index in [1.54, 1.807) is 7.11 Å². The maximum Gasteiger partial charge on any atom is 0.119 e. The van der Waals surface area contributed by atoms with Crippen LogP contribution in [0.3, 0.4) is 0 Å². The first-order chi connectivity index (χ1) is 6.86. The minimum absolute atomic E-state index is 0.307. The predicted octanol–water partition coefficient (Wildman–Crippen LogP) is 1.80. The van der Waals surface area contributed by atoms with Crippen LogP contribution < -0.4 is 10.1 Å². The average Bonchev–Trinajstić information content (AvgIpc) is 2.25. The Hall–Kier alpha value is -1.09. The molecular formula is C11H16FNO. The molecule has 0 aliphatic heterocycles. The van der Waals surface area contributed by atoms with E-state index in [0.29, 0.717) is 6.54 Å². The van der Waals surface area contributed by atoms with E-state index in [0.717, 1.165) is 18.7 Å². The molecule has 0 heterocycles. The normalized spacial score (nSPS) is 10.1. The van der Waals surface area contributed by atoms with Crippen LogP contribution in [0, 0.1) is 0 Å². The van der Waals surface area contributed by atoms with Crippen LogP contribution in [-0.4, -0.2) is 26.9 Å². The fourth-order valence-corrected chi connectivity index (χ4v) is 1.25. The number of nitrogens with one attached hydrogen (secondary N) is 1. The van der Waals surface area contributed by atoms with Gasteiger partial charge >= 0.3 is 0 Å². The van der Waals surface area contributed by atoms with Crippen molar-refractivity contribution in [2.45, 2.75) is 6.42 Å². The van der Waals surface area contributed by atoms with Gasteiger partial charge in [-0.15, -0.1) is 0 Å². The van der Waals surface area contributed by atoms with Crippen LogP contribution in [-0.2, 0) is 6.42 Å². The topological polar surface area (TPSA) is 21.3 Å². The second-order valence-corrected chi connectivity index (χ2v) is 3.04. The molecule has 78 valence electrons. The zero-order valence-corrected chi connectivity index (χ0v) is 8.42. The molecule has 0 radical (unpaired) electrons. The van der Waals surface area contributed by atoms with Gasteiger partial charge in [0.1, 0.15) is 12.4 Å². The number of halogens is 1. The zero-order valence-electron chi connectivity index (χ0n) is 8.42. The van der Waals surface area contributed by atoms with Crippen LogP contribution in [0.15, 0.2) is 24.3 Å². The fraction of sp³-hybridized carbons (Fsp3) is 0.455. The Morgan fingerprint density at radius 1 is 1.36 bits per heavy atom. The van der Waals surface area contributed by atoms with Gasteiger partial charge in [0.05, 0.1) is 7.11 Å². The Balaban J connectivity index is 2.34. The van der Waals surface area contributed by atoms with Crippen LogP contribution in [0.1, 0.15) is 5.56 Å². The molecule has 14 heavy (non-hydrogen) atoms. The Bertz CT molecular complexity index is 265. The highest BCUT2D eigenvalue weighted by molar-refractivity contribution is 5.28. The van der Waals surface area contributed by atoms with Gasteiger partial charge < -0.3 is 10.1 Å². The highest BCUT2D eigenvalue weighted by Gasteiger charge is 1.95. The van der Waals surface area contributed by atoms with E-state index in [1.807, 2.05) is 24.3 Å². The predicted molar refractivity (Wildman–Crippen MR) is 55.5 cm³/mol. The molecule has 1 N–H and O–H groups in total. The number of ether oxygens (including phenoxy) is 1. The summed E-state index contributed by atoms with van der Waals surface area (Å²) in [7, 11) is 1.65. The summed E-state index contributed by atoms with van der Waals surface area (Å²) >= 11 is 0. The Labute approximate surface area is 84.1 Å². The van der Waals surface area contributed by atoms with Crippen molar-refractivity contribution in [2.24, 2.45) is 0 Å². The first-order valence-corrected chi connectivity index (χ1v) is 4.76. The number of rotatable bonds is 6. The number of hydrogen-bond donors (Lipinski definition) is 1. The maximum atomic E-state index is 11.8. The minimum Gasteiger partial charge on any atom is -0.497 e. The summed E-state index contributed by atoms with van der Waals surface area (Å²) in [6.07, 6.45) is 0.900. The lowest BCUT2D eigenvalue weighted by Gasteiger charge is -2.04. The lowest BCUT2D eigenvalue weighted by Crippen LogP contribution is -2.19. The van der Waals surface area contributed by atoms with Gasteiger partial charge in [-0.2, -0.15) is 0 Å². The summed E-state index contributed by atoms with van der Waals surface area (Å²) in [4.78, 5) is 0. The molecule has 0 aromatic heterocycles. The fourth-order valence-electron chi connectivity index (χ4n) is 1.25. The van der Waals surface area contributed by atoms with Gasteiger partial charge in [-0.3, -0.25) is 0 Å². The molecule has 0 bridgehead atoms. The summed E-state index contributed by atoms with van der Waals surface area (Å²) in [5, 5.41) is 3.01. The summed E-state index contributed by atoms with van der Waals surface area (Å²) in [5.41, 5.74) is 1.20. The summed E-state index contributed by atoms with van der Waals surface area (Å²) in [6, 6.07) is 7.92.